The molecule has 1 aliphatic rings. The van der Waals surface area contributed by atoms with Crippen LogP contribution < -0.4 is 19.7 Å². The normalized spacial score (nSPS) is 19.6. The first-order valence-corrected chi connectivity index (χ1v) is 7.88. The smallest absolute Gasteiger partial charge is 0.142 e. The summed E-state index contributed by atoms with van der Waals surface area (Å²) in [6.45, 7) is 7.67. The number of anilines is 1. The summed E-state index contributed by atoms with van der Waals surface area (Å²) in [5, 5.41) is 3.50. The van der Waals surface area contributed by atoms with E-state index in [2.05, 4.69) is 30.1 Å². The molecule has 0 saturated carbocycles. The molecule has 4 heteroatoms. The maximum absolute atomic E-state index is 5.50. The molecule has 1 aromatic carbocycles. The predicted octanol–water partition coefficient (Wildman–Crippen LogP) is 2.92. The molecule has 21 heavy (non-hydrogen) atoms. The highest BCUT2D eigenvalue weighted by Gasteiger charge is 2.26. The lowest BCUT2D eigenvalue weighted by atomic mass is 10.00. The van der Waals surface area contributed by atoms with E-state index in [4.69, 9.17) is 9.47 Å². The fourth-order valence-electron chi connectivity index (χ4n) is 3.22. The Morgan fingerprint density at radius 3 is 2.81 bits per heavy atom. The number of benzene rings is 1. The molecule has 2 unspecified atom stereocenters. The van der Waals surface area contributed by atoms with Gasteiger partial charge in [0.05, 0.1) is 19.9 Å². The van der Waals surface area contributed by atoms with Crippen LogP contribution in [0.4, 0.5) is 5.69 Å². The Balaban J connectivity index is 2.03. The molecule has 0 radical (unpaired) electrons. The number of hydrogen-bond donors (Lipinski definition) is 1. The Morgan fingerprint density at radius 2 is 2.14 bits per heavy atom. The molecule has 0 bridgehead atoms. The first kappa shape index (κ1) is 16.0. The zero-order chi connectivity index (χ0) is 15.2. The first-order chi connectivity index (χ1) is 10.2. The average molecular weight is 292 g/mol. The van der Waals surface area contributed by atoms with E-state index in [1.807, 2.05) is 12.1 Å². The van der Waals surface area contributed by atoms with Crippen molar-refractivity contribution in [1.29, 1.82) is 0 Å². The summed E-state index contributed by atoms with van der Waals surface area (Å²) < 4.78 is 10.8. The van der Waals surface area contributed by atoms with E-state index < -0.39 is 0 Å². The third-order valence-corrected chi connectivity index (χ3v) is 4.25. The maximum atomic E-state index is 5.50. The third kappa shape index (κ3) is 4.03. The summed E-state index contributed by atoms with van der Waals surface area (Å²) in [7, 11) is 3.43. The van der Waals surface area contributed by atoms with E-state index in [1.165, 1.54) is 12.8 Å². The lowest BCUT2D eigenvalue weighted by molar-refractivity contribution is 0.402. The van der Waals surface area contributed by atoms with Crippen LogP contribution in [0.1, 0.15) is 26.7 Å². The van der Waals surface area contributed by atoms with Gasteiger partial charge in [0.25, 0.3) is 0 Å². The molecule has 1 aromatic rings. The number of hydrogen-bond acceptors (Lipinski definition) is 4. The Morgan fingerprint density at radius 1 is 1.33 bits per heavy atom. The van der Waals surface area contributed by atoms with Crippen LogP contribution in [-0.2, 0) is 0 Å². The van der Waals surface area contributed by atoms with Gasteiger partial charge < -0.3 is 19.7 Å². The van der Waals surface area contributed by atoms with E-state index in [1.54, 1.807) is 14.2 Å². The minimum absolute atomic E-state index is 0.590. The summed E-state index contributed by atoms with van der Waals surface area (Å²) in [6, 6.07) is 6.60. The van der Waals surface area contributed by atoms with Crippen molar-refractivity contribution in [2.24, 2.45) is 5.92 Å². The predicted molar refractivity (Wildman–Crippen MR) is 87.6 cm³/mol. The monoisotopic (exact) mass is 292 g/mol. The zero-order valence-electron chi connectivity index (χ0n) is 13.7. The number of rotatable bonds is 7. The van der Waals surface area contributed by atoms with E-state index >= 15 is 0 Å². The summed E-state index contributed by atoms with van der Waals surface area (Å²) in [5.74, 6) is 2.56. The van der Waals surface area contributed by atoms with Crippen molar-refractivity contribution in [1.82, 2.24) is 5.32 Å². The molecule has 4 nitrogen and oxygen atoms in total. The van der Waals surface area contributed by atoms with Crippen LogP contribution >= 0.6 is 0 Å². The molecule has 2 rings (SSSR count). The number of nitrogens with one attached hydrogen (secondary N) is 1. The second kappa shape index (κ2) is 7.55. The summed E-state index contributed by atoms with van der Waals surface area (Å²) in [6.07, 6.45) is 2.48. The standard InChI is InChI=1S/C17H28N2O2/c1-5-18-13(2)10-14-8-9-19(12-14)16-11-15(20-3)6-7-17(16)21-4/h6-7,11,13-14,18H,5,8-10,12H2,1-4H3. The summed E-state index contributed by atoms with van der Waals surface area (Å²) >= 11 is 0. The van der Waals surface area contributed by atoms with E-state index in [0.29, 0.717) is 6.04 Å². The van der Waals surface area contributed by atoms with Gasteiger partial charge in [-0.1, -0.05) is 6.92 Å². The minimum Gasteiger partial charge on any atom is -0.497 e. The van der Waals surface area contributed by atoms with Gasteiger partial charge in [-0.2, -0.15) is 0 Å². The van der Waals surface area contributed by atoms with Crippen LogP contribution in [0.2, 0.25) is 0 Å². The summed E-state index contributed by atoms with van der Waals surface area (Å²) in [5.41, 5.74) is 1.15. The van der Waals surface area contributed by atoms with Crippen molar-refractivity contribution in [2.45, 2.75) is 32.7 Å². The number of ether oxygens (including phenoxy) is 2. The van der Waals surface area contributed by atoms with Gasteiger partial charge in [0.15, 0.2) is 0 Å². The van der Waals surface area contributed by atoms with Crippen LogP contribution in [0, 0.1) is 5.92 Å². The topological polar surface area (TPSA) is 33.7 Å². The molecule has 0 aliphatic carbocycles. The highest BCUT2D eigenvalue weighted by molar-refractivity contribution is 5.62. The highest BCUT2D eigenvalue weighted by atomic mass is 16.5. The molecular weight excluding hydrogens is 264 g/mol. The largest absolute Gasteiger partial charge is 0.497 e. The van der Waals surface area contributed by atoms with Gasteiger partial charge in [-0.15, -0.1) is 0 Å². The van der Waals surface area contributed by atoms with E-state index in [-0.39, 0.29) is 0 Å². The van der Waals surface area contributed by atoms with Gasteiger partial charge in [0.2, 0.25) is 0 Å². The molecule has 118 valence electrons. The van der Waals surface area contributed by atoms with Crippen molar-refractivity contribution in [3.05, 3.63) is 18.2 Å². The third-order valence-electron chi connectivity index (χ3n) is 4.25. The van der Waals surface area contributed by atoms with Crippen molar-refractivity contribution >= 4 is 5.69 Å². The average Bonchev–Trinajstić information content (AvgIpc) is 2.95. The number of methoxy groups -OCH3 is 2. The second-order valence-corrected chi connectivity index (χ2v) is 5.83. The fourth-order valence-corrected chi connectivity index (χ4v) is 3.22. The molecule has 1 heterocycles. The molecule has 0 amide bonds. The van der Waals surface area contributed by atoms with Gasteiger partial charge in [0.1, 0.15) is 11.5 Å². The van der Waals surface area contributed by atoms with Gasteiger partial charge in [-0.05, 0) is 44.4 Å². The molecule has 0 spiro atoms. The minimum atomic E-state index is 0.590. The molecule has 1 fully saturated rings. The molecule has 0 aromatic heterocycles. The molecule has 1 N–H and O–H groups in total. The molecule has 2 atom stereocenters. The van der Waals surface area contributed by atoms with Gasteiger partial charge in [-0.25, -0.2) is 0 Å². The Bertz CT molecular complexity index is 450. The lowest BCUT2D eigenvalue weighted by Gasteiger charge is -2.23. The fraction of sp³-hybridized carbons (Fsp3) is 0.647. The molecule has 1 saturated heterocycles. The molecule has 1 aliphatic heterocycles. The van der Waals surface area contributed by atoms with Crippen LogP contribution in [0.15, 0.2) is 18.2 Å². The second-order valence-electron chi connectivity index (χ2n) is 5.83. The van der Waals surface area contributed by atoms with Gasteiger partial charge in [0, 0.05) is 25.2 Å². The Hall–Kier alpha value is -1.42. The lowest BCUT2D eigenvalue weighted by Crippen LogP contribution is -2.29. The quantitative estimate of drug-likeness (QED) is 0.838. The van der Waals surface area contributed by atoms with Gasteiger partial charge in [-0.3, -0.25) is 0 Å². The van der Waals surface area contributed by atoms with Crippen LogP contribution in [0.5, 0.6) is 11.5 Å². The van der Waals surface area contributed by atoms with Crippen LogP contribution in [0.25, 0.3) is 0 Å². The van der Waals surface area contributed by atoms with E-state index in [9.17, 15) is 0 Å². The van der Waals surface area contributed by atoms with E-state index in [0.717, 1.165) is 42.7 Å². The summed E-state index contributed by atoms with van der Waals surface area (Å²) in [4.78, 5) is 2.42. The SMILES string of the molecule is CCNC(C)CC1CCN(c2cc(OC)ccc2OC)C1. The van der Waals surface area contributed by atoms with Gasteiger partial charge >= 0.3 is 0 Å². The Labute approximate surface area is 128 Å². The zero-order valence-corrected chi connectivity index (χ0v) is 13.7. The highest BCUT2D eigenvalue weighted by Crippen LogP contribution is 2.36. The first-order valence-electron chi connectivity index (χ1n) is 7.88. The van der Waals surface area contributed by atoms with Crippen molar-refractivity contribution in [3.8, 4) is 11.5 Å². The molecular formula is C17H28N2O2. The van der Waals surface area contributed by atoms with Crippen molar-refractivity contribution in [3.63, 3.8) is 0 Å². The Kier molecular flexibility index (Phi) is 5.74. The van der Waals surface area contributed by atoms with Crippen molar-refractivity contribution in [2.75, 3.05) is 38.8 Å². The van der Waals surface area contributed by atoms with Crippen molar-refractivity contribution < 1.29 is 9.47 Å². The maximum Gasteiger partial charge on any atom is 0.142 e. The van der Waals surface area contributed by atoms with Crippen LogP contribution in [-0.4, -0.2) is 39.9 Å². The van der Waals surface area contributed by atoms with Crippen LogP contribution in [0.3, 0.4) is 0 Å². The number of nitrogens with zero attached hydrogens (tertiary/aromatic N) is 1.